The van der Waals surface area contributed by atoms with Crippen molar-refractivity contribution in [1.29, 1.82) is 0 Å². The van der Waals surface area contributed by atoms with Gasteiger partial charge in [0.05, 0.1) is 15.9 Å². The molecule has 1 aromatic rings. The molecule has 1 fully saturated rings. The Kier molecular flexibility index (Phi) is 5.96. The highest BCUT2D eigenvalue weighted by Crippen LogP contribution is 2.31. The van der Waals surface area contributed by atoms with Gasteiger partial charge in [-0.1, -0.05) is 0 Å². The van der Waals surface area contributed by atoms with Crippen molar-refractivity contribution in [2.75, 3.05) is 19.7 Å². The van der Waals surface area contributed by atoms with Gasteiger partial charge in [0.25, 0.3) is 0 Å². The first kappa shape index (κ1) is 19.1. The maximum Gasteiger partial charge on any atom is 0.344 e. The number of nitrogens with zero attached hydrogens (tertiary/aromatic N) is 2. The number of sulfonamides is 1. The lowest BCUT2D eigenvalue weighted by atomic mass is 10.3. The van der Waals surface area contributed by atoms with Gasteiger partial charge in [-0.05, 0) is 38.8 Å². The van der Waals surface area contributed by atoms with Crippen LogP contribution in [-0.4, -0.2) is 49.4 Å². The molecule has 0 aliphatic carbocycles. The van der Waals surface area contributed by atoms with Crippen molar-refractivity contribution in [3.63, 3.8) is 0 Å². The molecule has 2 rings (SSSR count). The molecule has 1 aromatic carbocycles. The Balaban J connectivity index is 2.23. The second kappa shape index (κ2) is 7.79. The summed E-state index contributed by atoms with van der Waals surface area (Å²) < 4.78 is 36.3. The van der Waals surface area contributed by atoms with E-state index in [4.69, 9.17) is 9.47 Å². The van der Waals surface area contributed by atoms with Gasteiger partial charge in [-0.2, -0.15) is 4.31 Å². The minimum Gasteiger partial charge on any atom is -0.475 e. The predicted molar refractivity (Wildman–Crippen MR) is 87.8 cm³/mol. The number of carbonyl (C=O) groups is 1. The van der Waals surface area contributed by atoms with Crippen LogP contribution < -0.4 is 4.74 Å². The molecular formula is C15H20N2O7S. The summed E-state index contributed by atoms with van der Waals surface area (Å²) in [5, 5.41) is 11.2. The molecule has 0 aromatic heterocycles. The highest BCUT2D eigenvalue weighted by atomic mass is 32.2. The fraction of sp³-hybridized carbons (Fsp3) is 0.533. The highest BCUT2D eigenvalue weighted by Gasteiger charge is 2.30. The number of esters is 1. The largest absolute Gasteiger partial charge is 0.475 e. The smallest absolute Gasteiger partial charge is 0.344 e. The average molecular weight is 372 g/mol. The van der Waals surface area contributed by atoms with Gasteiger partial charge in [-0.15, -0.1) is 0 Å². The van der Waals surface area contributed by atoms with E-state index in [2.05, 4.69) is 0 Å². The second-order valence-electron chi connectivity index (χ2n) is 5.83. The van der Waals surface area contributed by atoms with Gasteiger partial charge < -0.3 is 9.47 Å². The normalized spacial score (nSPS) is 15.3. The Hall–Kier alpha value is -2.20. The molecule has 10 heteroatoms. The number of rotatable bonds is 7. The molecule has 1 aliphatic rings. The van der Waals surface area contributed by atoms with Crippen LogP contribution in [0, 0.1) is 10.1 Å². The van der Waals surface area contributed by atoms with Gasteiger partial charge in [-0.3, -0.25) is 10.1 Å². The van der Waals surface area contributed by atoms with Crippen LogP contribution in [0.15, 0.2) is 23.1 Å². The number of hydrogen-bond acceptors (Lipinski definition) is 7. The van der Waals surface area contributed by atoms with E-state index in [0.717, 1.165) is 18.9 Å². The predicted octanol–water partition coefficient (Wildman–Crippen LogP) is 1.71. The summed E-state index contributed by atoms with van der Waals surface area (Å²) in [6.45, 7) is 3.62. The Morgan fingerprint density at radius 3 is 2.52 bits per heavy atom. The number of carbonyl (C=O) groups excluding carboxylic acids is 1. The average Bonchev–Trinajstić information content (AvgIpc) is 3.07. The molecule has 0 spiro atoms. The topological polar surface area (TPSA) is 116 Å². The summed E-state index contributed by atoms with van der Waals surface area (Å²) in [6, 6.07) is 3.38. The number of benzene rings is 1. The zero-order valence-corrected chi connectivity index (χ0v) is 14.8. The molecule has 0 radical (unpaired) electrons. The van der Waals surface area contributed by atoms with E-state index in [1.165, 1.54) is 16.4 Å². The Labute approximate surface area is 145 Å². The lowest BCUT2D eigenvalue weighted by Crippen LogP contribution is -2.27. The standard InChI is InChI=1S/C15H20N2O7S/c1-11(2)24-15(18)10-23-14-6-5-12(9-13(14)17(19)20)25(21,22)16-7-3-4-8-16/h5-6,9,11H,3-4,7-8,10H2,1-2H3. The van der Waals surface area contributed by atoms with Crippen LogP contribution in [0.3, 0.4) is 0 Å². The van der Waals surface area contributed by atoms with Crippen molar-refractivity contribution in [2.24, 2.45) is 0 Å². The molecule has 0 N–H and O–H groups in total. The van der Waals surface area contributed by atoms with Gasteiger partial charge in [0.15, 0.2) is 12.4 Å². The summed E-state index contributed by atoms with van der Waals surface area (Å²) in [6.07, 6.45) is 1.19. The molecular weight excluding hydrogens is 352 g/mol. The van der Waals surface area contributed by atoms with E-state index in [9.17, 15) is 23.3 Å². The molecule has 1 saturated heterocycles. The van der Waals surface area contributed by atoms with Crippen LogP contribution in [0.2, 0.25) is 0 Å². The zero-order valence-electron chi connectivity index (χ0n) is 14.0. The van der Waals surface area contributed by atoms with Crippen LogP contribution in [0.1, 0.15) is 26.7 Å². The highest BCUT2D eigenvalue weighted by molar-refractivity contribution is 7.89. The summed E-state index contributed by atoms with van der Waals surface area (Å²) >= 11 is 0. The van der Waals surface area contributed by atoms with E-state index in [-0.39, 0.29) is 16.7 Å². The zero-order chi connectivity index (χ0) is 18.6. The third-order valence-electron chi connectivity index (χ3n) is 3.54. The third kappa shape index (κ3) is 4.67. The summed E-state index contributed by atoms with van der Waals surface area (Å²) in [5.41, 5.74) is -0.516. The lowest BCUT2D eigenvalue weighted by molar-refractivity contribution is -0.386. The summed E-state index contributed by atoms with van der Waals surface area (Å²) in [4.78, 5) is 21.8. The van der Waals surface area contributed by atoms with Crippen molar-refractivity contribution >= 4 is 21.7 Å². The number of hydrogen-bond donors (Lipinski definition) is 0. The quantitative estimate of drug-likeness (QED) is 0.406. The SMILES string of the molecule is CC(C)OC(=O)COc1ccc(S(=O)(=O)N2CCCC2)cc1[N+](=O)[O-]. The van der Waals surface area contributed by atoms with Crippen LogP contribution in [-0.2, 0) is 19.6 Å². The number of ether oxygens (including phenoxy) is 2. The van der Waals surface area contributed by atoms with Crippen LogP contribution in [0.4, 0.5) is 5.69 Å². The Morgan fingerprint density at radius 2 is 1.96 bits per heavy atom. The van der Waals surface area contributed by atoms with E-state index in [1.807, 2.05) is 0 Å². The lowest BCUT2D eigenvalue weighted by Gasteiger charge is -2.16. The summed E-state index contributed by atoms with van der Waals surface area (Å²) in [7, 11) is -3.78. The fourth-order valence-corrected chi connectivity index (χ4v) is 3.97. The molecule has 25 heavy (non-hydrogen) atoms. The van der Waals surface area contributed by atoms with Gasteiger partial charge in [-0.25, -0.2) is 13.2 Å². The van der Waals surface area contributed by atoms with Gasteiger partial charge in [0, 0.05) is 19.2 Å². The van der Waals surface area contributed by atoms with Crippen molar-refractivity contribution in [3.8, 4) is 5.75 Å². The van der Waals surface area contributed by atoms with E-state index < -0.39 is 33.2 Å². The van der Waals surface area contributed by atoms with E-state index >= 15 is 0 Å². The molecule has 1 heterocycles. The monoisotopic (exact) mass is 372 g/mol. The minimum atomic E-state index is -3.78. The first-order valence-electron chi connectivity index (χ1n) is 7.82. The molecule has 0 bridgehead atoms. The van der Waals surface area contributed by atoms with Crippen LogP contribution in [0.5, 0.6) is 5.75 Å². The molecule has 0 unspecified atom stereocenters. The van der Waals surface area contributed by atoms with E-state index in [1.54, 1.807) is 13.8 Å². The first-order chi connectivity index (χ1) is 11.7. The van der Waals surface area contributed by atoms with E-state index in [0.29, 0.717) is 13.1 Å². The van der Waals surface area contributed by atoms with Crippen molar-refractivity contribution in [1.82, 2.24) is 4.31 Å². The molecule has 0 amide bonds. The second-order valence-corrected chi connectivity index (χ2v) is 7.76. The molecule has 0 saturated carbocycles. The van der Waals surface area contributed by atoms with Crippen LogP contribution in [0.25, 0.3) is 0 Å². The molecule has 0 atom stereocenters. The maximum absolute atomic E-state index is 12.5. The van der Waals surface area contributed by atoms with Gasteiger partial charge in [0.1, 0.15) is 0 Å². The molecule has 138 valence electrons. The van der Waals surface area contributed by atoms with Gasteiger partial charge in [0.2, 0.25) is 10.0 Å². The molecule has 9 nitrogen and oxygen atoms in total. The fourth-order valence-electron chi connectivity index (χ4n) is 2.43. The van der Waals surface area contributed by atoms with Gasteiger partial charge >= 0.3 is 11.7 Å². The number of nitro groups is 1. The van der Waals surface area contributed by atoms with Crippen molar-refractivity contribution < 1.29 is 27.6 Å². The Morgan fingerprint density at radius 1 is 1.32 bits per heavy atom. The number of nitro benzene ring substituents is 1. The Bertz CT molecular complexity index is 755. The third-order valence-corrected chi connectivity index (χ3v) is 5.44. The van der Waals surface area contributed by atoms with Crippen molar-refractivity contribution in [2.45, 2.75) is 37.7 Å². The van der Waals surface area contributed by atoms with Crippen LogP contribution >= 0.6 is 0 Å². The minimum absolute atomic E-state index is 0.168. The van der Waals surface area contributed by atoms with Crippen molar-refractivity contribution in [3.05, 3.63) is 28.3 Å². The molecule has 1 aliphatic heterocycles. The first-order valence-corrected chi connectivity index (χ1v) is 9.26. The summed E-state index contributed by atoms with van der Waals surface area (Å²) in [5.74, 6) is -0.857. The maximum atomic E-state index is 12.5.